The minimum Gasteiger partial charge on any atom is -0.451 e. The molecule has 1 N–H and O–H groups in total. The number of aromatic nitrogens is 1. The van der Waals surface area contributed by atoms with E-state index in [2.05, 4.69) is 10.3 Å². The van der Waals surface area contributed by atoms with Gasteiger partial charge < -0.3 is 4.42 Å². The Kier molecular flexibility index (Phi) is 4.40. The highest BCUT2D eigenvalue weighted by Gasteiger charge is 2.16. The number of nitrogens with one attached hydrogen (secondary N) is 1. The number of hydrogen-bond acceptors (Lipinski definition) is 4. The van der Waals surface area contributed by atoms with E-state index in [1.807, 2.05) is 0 Å². The molecule has 2 aromatic carbocycles. The van der Waals surface area contributed by atoms with Crippen LogP contribution in [-0.2, 0) is 0 Å². The smallest absolute Gasteiger partial charge is 0.293 e. The first-order chi connectivity index (χ1) is 12.5. The molecule has 0 fully saturated rings. The summed E-state index contributed by atoms with van der Waals surface area (Å²) in [5.74, 6) is -0.294. The zero-order valence-electron chi connectivity index (χ0n) is 12.9. The maximum Gasteiger partial charge on any atom is 0.293 e. The number of rotatable bonds is 3. The van der Waals surface area contributed by atoms with Gasteiger partial charge in [-0.3, -0.25) is 10.1 Å². The average molecular weight is 407 g/mol. The zero-order chi connectivity index (χ0) is 18.3. The minimum atomic E-state index is -0.464. The Morgan fingerprint density at radius 2 is 2.00 bits per heavy atom. The highest BCUT2D eigenvalue weighted by molar-refractivity contribution is 7.22. The minimum absolute atomic E-state index is 0.0986. The molecule has 0 aliphatic heterocycles. The van der Waals surface area contributed by atoms with Gasteiger partial charge in [0.25, 0.3) is 5.91 Å². The van der Waals surface area contributed by atoms with Gasteiger partial charge in [-0.1, -0.05) is 40.6 Å². The van der Waals surface area contributed by atoms with Crippen molar-refractivity contribution in [1.29, 1.82) is 0 Å². The van der Waals surface area contributed by atoms with Crippen molar-refractivity contribution in [3.63, 3.8) is 0 Å². The van der Waals surface area contributed by atoms with Gasteiger partial charge in [-0.05, 0) is 42.5 Å². The van der Waals surface area contributed by atoms with Crippen molar-refractivity contribution in [1.82, 2.24) is 4.98 Å². The second kappa shape index (κ2) is 6.72. The van der Waals surface area contributed by atoms with E-state index < -0.39 is 5.91 Å². The topological polar surface area (TPSA) is 55.1 Å². The summed E-state index contributed by atoms with van der Waals surface area (Å²) in [5.41, 5.74) is 1.20. The second-order valence-electron chi connectivity index (χ2n) is 5.35. The number of carbonyl (C=O) groups is 1. The van der Waals surface area contributed by atoms with Crippen LogP contribution in [0.4, 0.5) is 9.52 Å². The Hall–Kier alpha value is -2.41. The third-order valence-corrected chi connectivity index (χ3v) is 5.37. The molecule has 0 aliphatic carbocycles. The van der Waals surface area contributed by atoms with Crippen molar-refractivity contribution in [2.75, 3.05) is 5.32 Å². The van der Waals surface area contributed by atoms with Gasteiger partial charge >= 0.3 is 0 Å². The second-order valence-corrected chi connectivity index (χ2v) is 7.17. The number of benzene rings is 2. The summed E-state index contributed by atoms with van der Waals surface area (Å²) < 4.78 is 19.5. The van der Waals surface area contributed by atoms with Crippen molar-refractivity contribution in [3.05, 3.63) is 70.2 Å². The van der Waals surface area contributed by atoms with E-state index in [9.17, 15) is 9.18 Å². The van der Waals surface area contributed by atoms with Gasteiger partial charge in [0.15, 0.2) is 10.9 Å². The van der Waals surface area contributed by atoms with Crippen molar-refractivity contribution in [2.24, 2.45) is 0 Å². The molecule has 0 saturated heterocycles. The number of nitrogens with zero attached hydrogens (tertiary/aromatic N) is 1. The summed E-state index contributed by atoms with van der Waals surface area (Å²) in [5, 5.41) is 3.75. The molecule has 0 spiro atoms. The Labute approximate surface area is 161 Å². The molecule has 0 unspecified atom stereocenters. The molecule has 0 atom stereocenters. The fourth-order valence-corrected chi connectivity index (χ4v) is 3.69. The lowest BCUT2D eigenvalue weighted by Crippen LogP contribution is -2.10. The predicted molar refractivity (Wildman–Crippen MR) is 102 cm³/mol. The molecule has 0 aliphatic rings. The molecular formula is C18H9Cl2FN2O2S. The number of anilines is 1. The van der Waals surface area contributed by atoms with Crippen LogP contribution in [0.15, 0.2) is 52.9 Å². The maximum atomic E-state index is 13.3. The van der Waals surface area contributed by atoms with Crippen LogP contribution in [0.25, 0.3) is 21.5 Å². The van der Waals surface area contributed by atoms with Crippen LogP contribution in [-0.4, -0.2) is 10.9 Å². The summed E-state index contributed by atoms with van der Waals surface area (Å²) in [7, 11) is 0. The molecule has 26 heavy (non-hydrogen) atoms. The fraction of sp³-hybridized carbons (Fsp3) is 0. The van der Waals surface area contributed by atoms with Gasteiger partial charge in [0.05, 0.1) is 20.3 Å². The molecule has 130 valence electrons. The fourth-order valence-electron chi connectivity index (χ4n) is 2.41. The van der Waals surface area contributed by atoms with Gasteiger partial charge in [-0.15, -0.1) is 0 Å². The molecule has 1 amide bonds. The number of hydrogen-bond donors (Lipinski definition) is 1. The number of furan rings is 1. The molecule has 4 aromatic rings. The summed E-state index contributed by atoms with van der Waals surface area (Å²) in [6, 6.07) is 12.6. The third-order valence-electron chi connectivity index (χ3n) is 3.62. The third kappa shape index (κ3) is 3.19. The number of amides is 1. The zero-order valence-corrected chi connectivity index (χ0v) is 15.3. The average Bonchev–Trinajstić information content (AvgIpc) is 3.23. The van der Waals surface area contributed by atoms with Gasteiger partial charge in [-0.25, -0.2) is 9.37 Å². The number of fused-ring (bicyclic) bond motifs is 1. The van der Waals surface area contributed by atoms with Crippen LogP contribution in [0.3, 0.4) is 0 Å². The predicted octanol–water partition coefficient (Wildman–Crippen LogP) is 6.25. The Bertz CT molecular complexity index is 1140. The molecule has 2 heterocycles. The highest BCUT2D eigenvalue weighted by atomic mass is 35.5. The van der Waals surface area contributed by atoms with Crippen molar-refractivity contribution in [2.45, 2.75) is 0 Å². The summed E-state index contributed by atoms with van der Waals surface area (Å²) in [6.07, 6.45) is 0. The standard InChI is InChI=1S/C18H9Cl2FN2O2S/c19-11-3-1-2-10(16(11)20)13-6-7-14(25-13)17(24)23-18-22-12-5-4-9(21)8-15(12)26-18/h1-8H,(H,22,23,24). The monoisotopic (exact) mass is 406 g/mol. The lowest BCUT2D eigenvalue weighted by molar-refractivity contribution is 0.0997. The molecular weight excluding hydrogens is 398 g/mol. The van der Waals surface area contributed by atoms with E-state index in [0.29, 0.717) is 36.7 Å². The number of halogens is 3. The summed E-state index contributed by atoms with van der Waals surface area (Å²) in [6.45, 7) is 0. The quantitative estimate of drug-likeness (QED) is 0.437. The Morgan fingerprint density at radius 1 is 1.15 bits per heavy atom. The van der Waals surface area contributed by atoms with Crippen LogP contribution in [0.5, 0.6) is 0 Å². The number of carbonyl (C=O) groups excluding carboxylic acids is 1. The molecule has 4 nitrogen and oxygen atoms in total. The van der Waals surface area contributed by atoms with Gasteiger partial charge in [0.2, 0.25) is 0 Å². The molecule has 0 radical (unpaired) electrons. The van der Waals surface area contributed by atoms with E-state index in [4.69, 9.17) is 27.6 Å². The first kappa shape index (κ1) is 17.0. The van der Waals surface area contributed by atoms with E-state index in [1.54, 1.807) is 30.3 Å². The molecule has 4 rings (SSSR count). The van der Waals surface area contributed by atoms with Crippen LogP contribution in [0.1, 0.15) is 10.6 Å². The van der Waals surface area contributed by atoms with Gasteiger partial charge in [0, 0.05) is 5.56 Å². The molecule has 0 saturated carbocycles. The highest BCUT2D eigenvalue weighted by Crippen LogP contribution is 2.34. The van der Waals surface area contributed by atoms with Crippen LogP contribution >= 0.6 is 34.5 Å². The normalized spacial score (nSPS) is 11.0. The summed E-state index contributed by atoms with van der Waals surface area (Å²) >= 11 is 13.4. The van der Waals surface area contributed by atoms with E-state index in [-0.39, 0.29) is 11.6 Å². The SMILES string of the molecule is O=C(Nc1nc2ccc(F)cc2s1)c1ccc(-c2cccc(Cl)c2Cl)o1. The lowest BCUT2D eigenvalue weighted by atomic mass is 10.2. The van der Waals surface area contributed by atoms with Crippen LogP contribution in [0.2, 0.25) is 10.0 Å². The summed E-state index contributed by atoms with van der Waals surface area (Å²) in [4.78, 5) is 16.6. The first-order valence-electron chi connectivity index (χ1n) is 7.43. The van der Waals surface area contributed by atoms with Crippen LogP contribution < -0.4 is 5.32 Å². The lowest BCUT2D eigenvalue weighted by Gasteiger charge is -2.02. The van der Waals surface area contributed by atoms with Crippen LogP contribution in [0, 0.1) is 5.82 Å². The largest absolute Gasteiger partial charge is 0.451 e. The maximum absolute atomic E-state index is 13.3. The van der Waals surface area contributed by atoms with Gasteiger partial charge in [0.1, 0.15) is 11.6 Å². The van der Waals surface area contributed by atoms with Crippen molar-refractivity contribution < 1.29 is 13.6 Å². The molecule has 8 heteroatoms. The van der Waals surface area contributed by atoms with E-state index >= 15 is 0 Å². The van der Waals surface area contributed by atoms with Crippen molar-refractivity contribution in [3.8, 4) is 11.3 Å². The molecule has 2 aromatic heterocycles. The van der Waals surface area contributed by atoms with E-state index in [0.717, 1.165) is 0 Å². The van der Waals surface area contributed by atoms with E-state index in [1.165, 1.54) is 29.5 Å². The Balaban J connectivity index is 1.58. The van der Waals surface area contributed by atoms with Gasteiger partial charge in [-0.2, -0.15) is 0 Å². The Morgan fingerprint density at radius 3 is 2.85 bits per heavy atom. The molecule has 0 bridgehead atoms. The number of thiazole rings is 1. The first-order valence-corrected chi connectivity index (χ1v) is 9.00. The van der Waals surface area contributed by atoms with Crippen molar-refractivity contribution >= 4 is 55.8 Å².